The molecule has 6 heteroatoms. The molecule has 1 heterocycles. The maximum Gasteiger partial charge on any atom is 0.235 e. The molecule has 1 aliphatic rings. The number of aliphatic hydroxyl groups is 1. The van der Waals surface area contributed by atoms with Crippen molar-refractivity contribution < 1.29 is 13.5 Å². The van der Waals surface area contributed by atoms with Crippen molar-refractivity contribution in [3.63, 3.8) is 0 Å². The third-order valence-electron chi connectivity index (χ3n) is 4.16. The van der Waals surface area contributed by atoms with Gasteiger partial charge in [0.2, 0.25) is 10.0 Å². The van der Waals surface area contributed by atoms with Crippen LogP contribution in [-0.4, -0.2) is 38.5 Å². The monoisotopic (exact) mass is 326 g/mol. The fourth-order valence-electron chi connectivity index (χ4n) is 2.67. The predicted octanol–water partition coefficient (Wildman–Crippen LogP) is 2.04. The molecule has 0 spiro atoms. The standard InChI is InChI=1S/C16H26N2O3S/c1-3-16(19)8-9-17-13(2)14-6-4-7-15(12-14)18-10-5-11-22(18,20)21/h4,6-7,12-13,16-17,19H,3,5,8-11H2,1-2H3. The van der Waals surface area contributed by atoms with Crippen LogP contribution < -0.4 is 9.62 Å². The molecule has 1 aliphatic heterocycles. The van der Waals surface area contributed by atoms with E-state index in [1.54, 1.807) is 0 Å². The van der Waals surface area contributed by atoms with E-state index in [0.29, 0.717) is 13.0 Å². The first-order valence-corrected chi connectivity index (χ1v) is 9.57. The Kier molecular flexibility index (Phi) is 5.83. The summed E-state index contributed by atoms with van der Waals surface area (Å²) in [5, 5.41) is 12.9. The van der Waals surface area contributed by atoms with Gasteiger partial charge in [0.1, 0.15) is 0 Å². The van der Waals surface area contributed by atoms with E-state index in [4.69, 9.17) is 0 Å². The molecule has 0 saturated carbocycles. The molecule has 0 radical (unpaired) electrons. The highest BCUT2D eigenvalue weighted by Crippen LogP contribution is 2.26. The third kappa shape index (κ3) is 4.21. The van der Waals surface area contributed by atoms with Crippen LogP contribution in [-0.2, 0) is 10.0 Å². The molecule has 1 aromatic carbocycles. The molecule has 124 valence electrons. The number of hydrogen-bond donors (Lipinski definition) is 2. The molecule has 2 unspecified atom stereocenters. The number of sulfonamides is 1. The summed E-state index contributed by atoms with van der Waals surface area (Å²) in [5.74, 6) is 0.236. The Hall–Kier alpha value is -1.11. The summed E-state index contributed by atoms with van der Waals surface area (Å²) in [6, 6.07) is 7.81. The molecule has 2 N–H and O–H groups in total. The van der Waals surface area contributed by atoms with Crippen molar-refractivity contribution in [2.24, 2.45) is 0 Å². The van der Waals surface area contributed by atoms with E-state index in [1.807, 2.05) is 31.2 Å². The predicted molar refractivity (Wildman–Crippen MR) is 89.5 cm³/mol. The van der Waals surface area contributed by atoms with Crippen LogP contribution >= 0.6 is 0 Å². The van der Waals surface area contributed by atoms with Gasteiger partial charge in [-0.25, -0.2) is 8.42 Å². The molecule has 22 heavy (non-hydrogen) atoms. The van der Waals surface area contributed by atoms with Gasteiger partial charge in [0.15, 0.2) is 0 Å². The lowest BCUT2D eigenvalue weighted by Crippen LogP contribution is -2.26. The van der Waals surface area contributed by atoms with Crippen LogP contribution in [0.15, 0.2) is 24.3 Å². The van der Waals surface area contributed by atoms with Gasteiger partial charge in [0.25, 0.3) is 0 Å². The molecular weight excluding hydrogens is 300 g/mol. The summed E-state index contributed by atoms with van der Waals surface area (Å²) in [7, 11) is -3.13. The lowest BCUT2D eigenvalue weighted by atomic mass is 10.1. The van der Waals surface area contributed by atoms with Gasteiger partial charge in [-0.15, -0.1) is 0 Å². The zero-order valence-corrected chi connectivity index (χ0v) is 14.1. The zero-order chi connectivity index (χ0) is 16.2. The van der Waals surface area contributed by atoms with Crippen molar-refractivity contribution in [2.45, 2.75) is 45.3 Å². The van der Waals surface area contributed by atoms with Crippen LogP contribution in [0.2, 0.25) is 0 Å². The minimum Gasteiger partial charge on any atom is -0.393 e. The fraction of sp³-hybridized carbons (Fsp3) is 0.625. The first kappa shape index (κ1) is 17.2. The SMILES string of the molecule is CCC(O)CCNC(C)c1cccc(N2CCCS2(=O)=O)c1. The Morgan fingerprint density at radius 2 is 2.18 bits per heavy atom. The van der Waals surface area contributed by atoms with Crippen molar-refractivity contribution in [1.82, 2.24) is 5.32 Å². The van der Waals surface area contributed by atoms with Crippen LogP contribution in [0.1, 0.15) is 44.7 Å². The molecule has 2 atom stereocenters. The number of rotatable bonds is 7. The van der Waals surface area contributed by atoms with Gasteiger partial charge in [-0.3, -0.25) is 4.31 Å². The lowest BCUT2D eigenvalue weighted by molar-refractivity contribution is 0.159. The van der Waals surface area contributed by atoms with Crippen LogP contribution in [0.4, 0.5) is 5.69 Å². The summed E-state index contributed by atoms with van der Waals surface area (Å²) in [6.07, 6.45) is 1.91. The maximum atomic E-state index is 12.0. The average Bonchev–Trinajstić information content (AvgIpc) is 2.86. The molecule has 5 nitrogen and oxygen atoms in total. The second-order valence-corrected chi connectivity index (χ2v) is 7.88. The summed E-state index contributed by atoms with van der Waals surface area (Å²) >= 11 is 0. The molecule has 1 saturated heterocycles. The van der Waals surface area contributed by atoms with Gasteiger partial charge < -0.3 is 10.4 Å². The second-order valence-electron chi connectivity index (χ2n) is 5.86. The normalized spacial score (nSPS) is 20.0. The van der Waals surface area contributed by atoms with Crippen LogP contribution in [0.25, 0.3) is 0 Å². The van der Waals surface area contributed by atoms with Crippen LogP contribution in [0.5, 0.6) is 0 Å². The first-order valence-electron chi connectivity index (χ1n) is 7.96. The van der Waals surface area contributed by atoms with Crippen molar-refractivity contribution >= 4 is 15.7 Å². The Morgan fingerprint density at radius 1 is 1.41 bits per heavy atom. The van der Waals surface area contributed by atoms with E-state index < -0.39 is 10.0 Å². The molecular formula is C16H26N2O3S. The van der Waals surface area contributed by atoms with Gasteiger partial charge in [-0.1, -0.05) is 19.1 Å². The lowest BCUT2D eigenvalue weighted by Gasteiger charge is -2.20. The average molecular weight is 326 g/mol. The molecule has 1 aromatic rings. The fourth-order valence-corrected chi connectivity index (χ4v) is 4.22. The smallest absolute Gasteiger partial charge is 0.235 e. The largest absolute Gasteiger partial charge is 0.393 e. The third-order valence-corrected chi connectivity index (χ3v) is 6.03. The topological polar surface area (TPSA) is 69.6 Å². The van der Waals surface area contributed by atoms with Gasteiger partial charge in [0, 0.05) is 12.6 Å². The van der Waals surface area contributed by atoms with Gasteiger partial charge in [0.05, 0.1) is 17.5 Å². The van der Waals surface area contributed by atoms with Gasteiger partial charge in [-0.2, -0.15) is 0 Å². The first-order chi connectivity index (χ1) is 10.4. The minimum absolute atomic E-state index is 0.120. The summed E-state index contributed by atoms with van der Waals surface area (Å²) in [6.45, 7) is 5.32. The Morgan fingerprint density at radius 3 is 2.82 bits per heavy atom. The number of benzene rings is 1. The maximum absolute atomic E-state index is 12.0. The van der Waals surface area contributed by atoms with Crippen molar-refractivity contribution in [3.05, 3.63) is 29.8 Å². The number of nitrogens with zero attached hydrogens (tertiary/aromatic N) is 1. The van der Waals surface area contributed by atoms with Crippen LogP contribution in [0, 0.1) is 0 Å². The summed E-state index contributed by atoms with van der Waals surface area (Å²) < 4.78 is 25.5. The van der Waals surface area contributed by atoms with E-state index in [2.05, 4.69) is 12.2 Å². The number of anilines is 1. The van der Waals surface area contributed by atoms with Crippen molar-refractivity contribution in [3.8, 4) is 0 Å². The number of hydrogen-bond acceptors (Lipinski definition) is 4. The van der Waals surface area contributed by atoms with Gasteiger partial charge in [-0.05, 0) is 50.4 Å². The zero-order valence-electron chi connectivity index (χ0n) is 13.3. The highest BCUT2D eigenvalue weighted by atomic mass is 32.2. The molecule has 1 fully saturated rings. The molecule has 0 bridgehead atoms. The summed E-state index contributed by atoms with van der Waals surface area (Å²) in [5.41, 5.74) is 1.81. The highest BCUT2D eigenvalue weighted by molar-refractivity contribution is 7.93. The minimum atomic E-state index is -3.13. The number of aliphatic hydroxyl groups excluding tert-OH is 1. The van der Waals surface area contributed by atoms with E-state index in [0.717, 1.165) is 30.6 Å². The molecule has 0 amide bonds. The molecule has 2 rings (SSSR count). The quantitative estimate of drug-likeness (QED) is 0.804. The van der Waals surface area contributed by atoms with E-state index in [-0.39, 0.29) is 17.9 Å². The van der Waals surface area contributed by atoms with E-state index in [1.165, 1.54) is 4.31 Å². The molecule has 0 aromatic heterocycles. The van der Waals surface area contributed by atoms with Gasteiger partial charge >= 0.3 is 0 Å². The summed E-state index contributed by atoms with van der Waals surface area (Å²) in [4.78, 5) is 0. The highest BCUT2D eigenvalue weighted by Gasteiger charge is 2.28. The van der Waals surface area contributed by atoms with Crippen molar-refractivity contribution in [1.29, 1.82) is 0 Å². The van der Waals surface area contributed by atoms with Crippen molar-refractivity contribution in [2.75, 3.05) is 23.1 Å². The Bertz CT molecular complexity index is 589. The number of nitrogens with one attached hydrogen (secondary N) is 1. The molecule has 0 aliphatic carbocycles. The Labute approximate surface area is 133 Å². The van der Waals surface area contributed by atoms with E-state index in [9.17, 15) is 13.5 Å². The second kappa shape index (κ2) is 7.44. The van der Waals surface area contributed by atoms with E-state index >= 15 is 0 Å². The Balaban J connectivity index is 2.02. The van der Waals surface area contributed by atoms with Crippen LogP contribution in [0.3, 0.4) is 0 Å².